The Labute approximate surface area is 177 Å². The van der Waals surface area contributed by atoms with E-state index in [0.29, 0.717) is 11.8 Å². The fraction of sp³-hybridized carbons (Fsp3) is 0.292. The third-order valence-electron chi connectivity index (χ3n) is 6.49. The molecule has 0 amide bonds. The summed E-state index contributed by atoms with van der Waals surface area (Å²) in [7, 11) is 0. The zero-order valence-corrected chi connectivity index (χ0v) is 17.8. The lowest BCUT2D eigenvalue weighted by molar-refractivity contribution is -0.924. The Hall–Kier alpha value is -2.21. The van der Waals surface area contributed by atoms with Gasteiger partial charge < -0.3 is 9.47 Å². The number of piperidine rings is 1. The van der Waals surface area contributed by atoms with Gasteiger partial charge in [-0.1, -0.05) is 24.3 Å². The van der Waals surface area contributed by atoms with E-state index in [4.69, 9.17) is 0 Å². The summed E-state index contributed by atoms with van der Waals surface area (Å²) in [4.78, 5) is 17.7. The second kappa shape index (κ2) is 6.94. The number of hydrogen-bond donors (Lipinski definition) is 1. The Kier molecular flexibility index (Phi) is 4.22. The summed E-state index contributed by atoms with van der Waals surface area (Å²) in [6.45, 7) is 4.30. The number of quaternary nitrogens is 1. The molecule has 2 aliphatic heterocycles. The van der Waals surface area contributed by atoms with Crippen molar-refractivity contribution >= 4 is 32.8 Å². The van der Waals surface area contributed by atoms with Crippen LogP contribution in [0.25, 0.3) is 20.5 Å². The first-order chi connectivity index (χ1) is 14.2. The fourth-order valence-electron chi connectivity index (χ4n) is 5.28. The topological polar surface area (TPSA) is 26.4 Å². The van der Waals surface area contributed by atoms with Gasteiger partial charge >= 0.3 is 0 Å². The molecule has 0 radical (unpaired) electrons. The molecule has 1 N–H and O–H groups in total. The van der Waals surface area contributed by atoms with Crippen molar-refractivity contribution in [2.24, 2.45) is 5.92 Å². The molecular weight excluding hydrogens is 396 g/mol. The van der Waals surface area contributed by atoms with Crippen LogP contribution in [-0.2, 0) is 13.1 Å². The van der Waals surface area contributed by atoms with Gasteiger partial charge in [-0.2, -0.15) is 0 Å². The lowest BCUT2D eigenvalue weighted by Crippen LogP contribution is -3.13. The van der Waals surface area contributed by atoms with E-state index in [0.717, 1.165) is 30.1 Å². The first-order valence-electron chi connectivity index (χ1n) is 10.3. The van der Waals surface area contributed by atoms with Crippen molar-refractivity contribution in [2.75, 3.05) is 13.1 Å². The minimum Gasteiger partial charge on any atom is -0.330 e. The summed E-state index contributed by atoms with van der Waals surface area (Å²) in [5.41, 5.74) is 2.31. The van der Waals surface area contributed by atoms with Crippen molar-refractivity contribution in [1.82, 2.24) is 4.57 Å². The molecule has 0 spiro atoms. The molecule has 0 aliphatic carbocycles. The molecule has 146 valence electrons. The molecule has 5 heterocycles. The van der Waals surface area contributed by atoms with Crippen LogP contribution in [-0.4, -0.2) is 17.7 Å². The van der Waals surface area contributed by atoms with Crippen LogP contribution in [0.1, 0.15) is 22.9 Å². The SMILES string of the molecule is O=c1c(-c2cc3ccccc3s2)ccc2n1C[C@H]1C[C@@H]2C[NH+](Cc2cccs2)C1. The number of rotatable bonds is 3. The van der Waals surface area contributed by atoms with Crippen molar-refractivity contribution in [3.63, 3.8) is 0 Å². The maximum absolute atomic E-state index is 13.4. The predicted octanol–water partition coefficient (Wildman–Crippen LogP) is 3.99. The maximum atomic E-state index is 13.4. The standard InChI is InChI=1S/C24H22N2OS2/c27-24-20(23-11-17-4-1-2-6-22(17)29-23)7-8-21-18-10-16(13-26(21)24)12-25(14-18)15-19-5-3-9-28-19/h1-9,11,16,18H,10,12-15H2/p+1/t16-,18+/m0/s1. The van der Waals surface area contributed by atoms with Gasteiger partial charge in [-0.05, 0) is 47.5 Å². The number of benzene rings is 1. The third-order valence-corrected chi connectivity index (χ3v) is 8.52. The second-order valence-corrected chi connectivity index (χ2v) is 10.6. The summed E-state index contributed by atoms with van der Waals surface area (Å²) in [5.74, 6) is 1.10. The minimum absolute atomic E-state index is 0.200. The molecule has 3 aromatic heterocycles. The lowest BCUT2D eigenvalue weighted by Gasteiger charge is -2.40. The number of hydrogen-bond acceptors (Lipinski definition) is 3. The van der Waals surface area contributed by atoms with Crippen LogP contribution in [0, 0.1) is 5.92 Å². The van der Waals surface area contributed by atoms with Crippen LogP contribution in [0.3, 0.4) is 0 Å². The van der Waals surface area contributed by atoms with Gasteiger partial charge in [0.2, 0.25) is 0 Å². The highest BCUT2D eigenvalue weighted by Gasteiger charge is 2.37. The number of thiophene rings is 2. The van der Waals surface area contributed by atoms with Crippen LogP contribution in [0.15, 0.2) is 64.8 Å². The highest BCUT2D eigenvalue weighted by atomic mass is 32.1. The molecule has 1 fully saturated rings. The van der Waals surface area contributed by atoms with Crippen LogP contribution in [0.2, 0.25) is 0 Å². The summed E-state index contributed by atoms with van der Waals surface area (Å²) in [6.07, 6.45) is 1.23. The van der Waals surface area contributed by atoms with Gasteiger partial charge in [0, 0.05) is 33.7 Å². The molecule has 5 heteroatoms. The molecule has 6 rings (SSSR count). The van der Waals surface area contributed by atoms with Crippen molar-refractivity contribution in [3.8, 4) is 10.4 Å². The molecule has 2 aliphatic rings. The molecule has 2 bridgehead atoms. The monoisotopic (exact) mass is 419 g/mol. The Bertz CT molecular complexity index is 1200. The Balaban J connectivity index is 1.34. The number of pyridine rings is 1. The molecule has 3 atom stereocenters. The molecule has 3 nitrogen and oxygen atoms in total. The van der Waals surface area contributed by atoms with Gasteiger partial charge in [-0.15, -0.1) is 22.7 Å². The van der Waals surface area contributed by atoms with Crippen LogP contribution >= 0.6 is 22.7 Å². The van der Waals surface area contributed by atoms with E-state index in [2.05, 4.69) is 64.5 Å². The van der Waals surface area contributed by atoms with Crippen LogP contribution in [0.5, 0.6) is 0 Å². The number of nitrogens with zero attached hydrogens (tertiary/aromatic N) is 1. The molecular formula is C24H23N2OS2+. The van der Waals surface area contributed by atoms with E-state index in [1.54, 1.807) is 16.2 Å². The van der Waals surface area contributed by atoms with Gasteiger partial charge in [-0.25, -0.2) is 0 Å². The number of likely N-dealkylation sites (tertiary alicyclic amines) is 1. The summed E-state index contributed by atoms with van der Waals surface area (Å²) < 4.78 is 3.34. The Morgan fingerprint density at radius 3 is 2.86 bits per heavy atom. The van der Waals surface area contributed by atoms with Crippen LogP contribution in [0.4, 0.5) is 0 Å². The molecule has 1 saturated heterocycles. The second-order valence-electron chi connectivity index (χ2n) is 8.45. The van der Waals surface area contributed by atoms with Crippen molar-refractivity contribution < 1.29 is 4.90 Å². The highest BCUT2D eigenvalue weighted by Crippen LogP contribution is 2.35. The van der Waals surface area contributed by atoms with Gasteiger partial charge in [0.25, 0.3) is 5.56 Å². The van der Waals surface area contributed by atoms with E-state index in [1.165, 1.54) is 33.6 Å². The average Bonchev–Trinajstić information content (AvgIpc) is 3.38. The largest absolute Gasteiger partial charge is 0.330 e. The number of aromatic nitrogens is 1. The smallest absolute Gasteiger partial charge is 0.259 e. The minimum atomic E-state index is 0.200. The first kappa shape index (κ1) is 17.6. The number of nitrogens with one attached hydrogen (secondary N) is 1. The molecule has 4 aromatic rings. The Morgan fingerprint density at radius 1 is 1.07 bits per heavy atom. The van der Waals surface area contributed by atoms with Crippen molar-refractivity contribution in [1.29, 1.82) is 0 Å². The number of fused-ring (bicyclic) bond motifs is 5. The van der Waals surface area contributed by atoms with Gasteiger partial charge in [0.1, 0.15) is 6.54 Å². The molecule has 1 unspecified atom stereocenters. The zero-order valence-electron chi connectivity index (χ0n) is 16.1. The van der Waals surface area contributed by atoms with E-state index in [-0.39, 0.29) is 5.56 Å². The maximum Gasteiger partial charge on any atom is 0.259 e. The van der Waals surface area contributed by atoms with E-state index in [9.17, 15) is 4.79 Å². The third kappa shape index (κ3) is 3.08. The molecule has 0 saturated carbocycles. The summed E-state index contributed by atoms with van der Waals surface area (Å²) >= 11 is 3.58. The highest BCUT2D eigenvalue weighted by molar-refractivity contribution is 7.22. The van der Waals surface area contributed by atoms with E-state index < -0.39 is 0 Å². The molecule has 1 aromatic carbocycles. The van der Waals surface area contributed by atoms with E-state index in [1.807, 2.05) is 11.3 Å². The predicted molar refractivity (Wildman–Crippen MR) is 121 cm³/mol. The van der Waals surface area contributed by atoms with Gasteiger partial charge in [0.15, 0.2) is 0 Å². The van der Waals surface area contributed by atoms with Gasteiger partial charge in [0.05, 0.1) is 23.5 Å². The zero-order chi connectivity index (χ0) is 19.4. The van der Waals surface area contributed by atoms with Crippen LogP contribution < -0.4 is 10.5 Å². The normalized spacial score (nSPS) is 23.2. The molecule has 29 heavy (non-hydrogen) atoms. The summed E-state index contributed by atoms with van der Waals surface area (Å²) in [6, 6.07) is 19.3. The van der Waals surface area contributed by atoms with Crippen molar-refractivity contribution in [2.45, 2.75) is 25.4 Å². The summed E-state index contributed by atoms with van der Waals surface area (Å²) in [5, 5.41) is 3.39. The Morgan fingerprint density at radius 2 is 2.00 bits per heavy atom. The average molecular weight is 420 g/mol. The van der Waals surface area contributed by atoms with E-state index >= 15 is 0 Å². The van der Waals surface area contributed by atoms with Crippen molar-refractivity contribution in [3.05, 3.63) is 80.9 Å². The first-order valence-corrected chi connectivity index (χ1v) is 12.0. The quantitative estimate of drug-likeness (QED) is 0.534. The fourth-order valence-corrected chi connectivity index (χ4v) is 7.13. The lowest BCUT2D eigenvalue weighted by atomic mass is 9.83. The van der Waals surface area contributed by atoms with Gasteiger partial charge in [-0.3, -0.25) is 4.79 Å².